The molecule has 4 heteroatoms. The number of rotatable bonds is 6. The van der Waals surface area contributed by atoms with Crippen LogP contribution in [-0.4, -0.2) is 56.2 Å². The second kappa shape index (κ2) is 8.53. The van der Waals surface area contributed by atoms with E-state index in [9.17, 15) is 0 Å². The van der Waals surface area contributed by atoms with Gasteiger partial charge in [0.05, 0.1) is 0 Å². The van der Waals surface area contributed by atoms with Gasteiger partial charge in [0.25, 0.3) is 0 Å². The highest BCUT2D eigenvalue weighted by atomic mass is 35.5. The van der Waals surface area contributed by atoms with Crippen molar-refractivity contribution in [3.05, 3.63) is 70.7 Å². The van der Waals surface area contributed by atoms with E-state index < -0.39 is 5.60 Å². The molecule has 0 aromatic heterocycles. The molecule has 2 atom stereocenters. The minimum atomic E-state index is -0.481. The van der Waals surface area contributed by atoms with Crippen LogP contribution in [0, 0.1) is 0 Å². The third kappa shape index (κ3) is 4.47. The largest absolute Gasteiger partial charge is 0.366 e. The van der Waals surface area contributed by atoms with Crippen molar-refractivity contribution in [3.8, 4) is 0 Å². The molecule has 3 rings (SSSR count). The van der Waals surface area contributed by atoms with Crippen molar-refractivity contribution in [3.63, 3.8) is 0 Å². The van der Waals surface area contributed by atoms with Crippen molar-refractivity contribution < 1.29 is 4.74 Å². The summed E-state index contributed by atoms with van der Waals surface area (Å²) in [7, 11) is 4.41. The second-order valence-electron chi connectivity index (χ2n) is 7.44. The molecule has 140 valence electrons. The molecule has 1 heterocycles. The van der Waals surface area contributed by atoms with Gasteiger partial charge < -0.3 is 14.5 Å². The second-order valence-corrected chi connectivity index (χ2v) is 7.88. The molecule has 26 heavy (non-hydrogen) atoms. The van der Waals surface area contributed by atoms with Gasteiger partial charge in [0, 0.05) is 37.3 Å². The summed E-state index contributed by atoms with van der Waals surface area (Å²) in [5.74, 6) is 0. The summed E-state index contributed by atoms with van der Waals surface area (Å²) < 4.78 is 6.54. The van der Waals surface area contributed by atoms with E-state index in [1.165, 1.54) is 0 Å². The summed E-state index contributed by atoms with van der Waals surface area (Å²) >= 11 is 6.09. The maximum absolute atomic E-state index is 6.54. The highest BCUT2D eigenvalue weighted by Gasteiger charge is 2.31. The number of ether oxygens (including phenoxy) is 1. The van der Waals surface area contributed by atoms with E-state index in [1.54, 1.807) is 0 Å². The van der Waals surface area contributed by atoms with Crippen LogP contribution in [0.2, 0.25) is 5.02 Å². The van der Waals surface area contributed by atoms with Gasteiger partial charge in [0.2, 0.25) is 0 Å². The smallest absolute Gasteiger partial charge is 0.115 e. The molecule has 0 N–H and O–H groups in total. The van der Waals surface area contributed by atoms with Crippen LogP contribution in [0.25, 0.3) is 0 Å². The highest BCUT2D eigenvalue weighted by Crippen LogP contribution is 2.34. The zero-order valence-electron chi connectivity index (χ0n) is 16.0. The molecule has 3 nitrogen and oxygen atoms in total. The van der Waals surface area contributed by atoms with Gasteiger partial charge in [0.1, 0.15) is 5.60 Å². The first-order chi connectivity index (χ1) is 12.5. The van der Waals surface area contributed by atoms with Gasteiger partial charge in [-0.1, -0.05) is 54.1 Å². The number of piperazine rings is 1. The van der Waals surface area contributed by atoms with Crippen LogP contribution in [0.3, 0.4) is 0 Å². The van der Waals surface area contributed by atoms with E-state index in [1.807, 2.05) is 18.2 Å². The molecule has 2 aromatic rings. The highest BCUT2D eigenvalue weighted by molar-refractivity contribution is 6.30. The van der Waals surface area contributed by atoms with Crippen LogP contribution in [0.15, 0.2) is 54.6 Å². The van der Waals surface area contributed by atoms with Gasteiger partial charge in [-0.3, -0.25) is 0 Å². The maximum Gasteiger partial charge on any atom is 0.115 e. The lowest BCUT2D eigenvalue weighted by molar-refractivity contribution is -0.0195. The van der Waals surface area contributed by atoms with E-state index >= 15 is 0 Å². The number of likely N-dealkylation sites (N-methyl/N-ethyl adjacent to an activating group) is 2. The van der Waals surface area contributed by atoms with E-state index in [2.05, 4.69) is 67.2 Å². The molecule has 0 radical (unpaired) electrons. The average molecular weight is 373 g/mol. The molecule has 0 saturated carbocycles. The third-order valence-electron chi connectivity index (χ3n) is 5.54. The summed E-state index contributed by atoms with van der Waals surface area (Å²) in [6, 6.07) is 19.0. The van der Waals surface area contributed by atoms with Gasteiger partial charge in [-0.2, -0.15) is 0 Å². The van der Waals surface area contributed by atoms with Crippen molar-refractivity contribution in [1.82, 2.24) is 9.80 Å². The first-order valence-electron chi connectivity index (χ1n) is 9.33. The van der Waals surface area contributed by atoms with Crippen molar-refractivity contribution in [2.24, 2.45) is 0 Å². The Morgan fingerprint density at radius 3 is 2.35 bits per heavy atom. The van der Waals surface area contributed by atoms with Crippen LogP contribution in [0.4, 0.5) is 0 Å². The molecule has 1 aliphatic heterocycles. The van der Waals surface area contributed by atoms with Crippen LogP contribution < -0.4 is 0 Å². The zero-order chi connectivity index (χ0) is 18.6. The van der Waals surface area contributed by atoms with E-state index in [0.717, 1.165) is 48.8 Å². The molecular weight excluding hydrogens is 344 g/mol. The molecule has 2 aromatic carbocycles. The monoisotopic (exact) mass is 372 g/mol. The van der Waals surface area contributed by atoms with Crippen molar-refractivity contribution in [1.29, 1.82) is 0 Å². The van der Waals surface area contributed by atoms with Gasteiger partial charge in [-0.15, -0.1) is 0 Å². The molecule has 1 aliphatic rings. The van der Waals surface area contributed by atoms with Crippen LogP contribution >= 0.6 is 11.6 Å². The fourth-order valence-corrected chi connectivity index (χ4v) is 3.80. The van der Waals surface area contributed by atoms with Gasteiger partial charge in [0.15, 0.2) is 0 Å². The SMILES string of the molecule is CN1CCN(C)C(CCO[C@](C)(c2ccccc2)c2ccc(Cl)cc2)C1. The van der Waals surface area contributed by atoms with E-state index in [4.69, 9.17) is 16.3 Å². The quantitative estimate of drug-likeness (QED) is 0.753. The fourth-order valence-electron chi connectivity index (χ4n) is 3.67. The van der Waals surface area contributed by atoms with Crippen LogP contribution in [0.5, 0.6) is 0 Å². The predicted molar refractivity (Wildman–Crippen MR) is 109 cm³/mol. The summed E-state index contributed by atoms with van der Waals surface area (Å²) in [5, 5.41) is 0.746. The van der Waals surface area contributed by atoms with Gasteiger partial charge in [-0.25, -0.2) is 0 Å². The Hall–Kier alpha value is -1.39. The standard InChI is InChI=1S/C22H29ClN2O/c1-22(18-7-5-4-6-8-18,19-9-11-20(23)12-10-19)26-16-13-21-17-24(2)14-15-25(21)3/h4-12,21H,13-17H2,1-3H3/t21?,22-/m1/s1. The lowest BCUT2D eigenvalue weighted by Crippen LogP contribution is -2.50. The normalized spacial score (nSPS) is 21.5. The first-order valence-corrected chi connectivity index (χ1v) is 9.71. The number of benzene rings is 2. The Labute approximate surface area is 162 Å². The molecular formula is C22H29ClN2O. The average Bonchev–Trinajstić information content (AvgIpc) is 2.65. The minimum absolute atomic E-state index is 0.481. The van der Waals surface area contributed by atoms with Crippen molar-refractivity contribution >= 4 is 11.6 Å². The minimum Gasteiger partial charge on any atom is -0.366 e. The maximum atomic E-state index is 6.54. The van der Waals surface area contributed by atoms with Crippen LogP contribution in [-0.2, 0) is 10.3 Å². The Bertz CT molecular complexity index is 691. The van der Waals surface area contributed by atoms with Crippen LogP contribution in [0.1, 0.15) is 24.5 Å². The number of nitrogens with zero attached hydrogens (tertiary/aromatic N) is 2. The molecule has 1 fully saturated rings. The molecule has 0 amide bonds. The van der Waals surface area contributed by atoms with Crippen molar-refractivity contribution in [2.45, 2.75) is 25.0 Å². The summed E-state index contributed by atoms with van der Waals surface area (Å²) in [5.41, 5.74) is 1.81. The summed E-state index contributed by atoms with van der Waals surface area (Å²) in [6.07, 6.45) is 1.02. The predicted octanol–water partition coefficient (Wildman–Crippen LogP) is 4.26. The molecule has 1 saturated heterocycles. The van der Waals surface area contributed by atoms with Crippen molar-refractivity contribution in [2.75, 3.05) is 40.3 Å². The summed E-state index contributed by atoms with van der Waals surface area (Å²) in [6.45, 7) is 6.23. The molecule has 0 spiro atoms. The van der Waals surface area contributed by atoms with Gasteiger partial charge >= 0.3 is 0 Å². The number of hydrogen-bond donors (Lipinski definition) is 0. The first kappa shape index (κ1) is 19.4. The van der Waals surface area contributed by atoms with Gasteiger partial charge in [-0.05, 0) is 50.7 Å². The Balaban J connectivity index is 1.75. The zero-order valence-corrected chi connectivity index (χ0v) is 16.7. The molecule has 0 aliphatic carbocycles. The molecule has 0 bridgehead atoms. The Morgan fingerprint density at radius 1 is 1.00 bits per heavy atom. The topological polar surface area (TPSA) is 15.7 Å². The summed E-state index contributed by atoms with van der Waals surface area (Å²) in [4.78, 5) is 4.85. The number of hydrogen-bond acceptors (Lipinski definition) is 3. The fraction of sp³-hybridized carbons (Fsp3) is 0.455. The lowest BCUT2D eigenvalue weighted by atomic mass is 9.88. The Morgan fingerprint density at radius 2 is 1.65 bits per heavy atom. The lowest BCUT2D eigenvalue weighted by Gasteiger charge is -2.38. The Kier molecular flexibility index (Phi) is 6.36. The van der Waals surface area contributed by atoms with E-state index in [-0.39, 0.29) is 0 Å². The number of halogens is 1. The van der Waals surface area contributed by atoms with E-state index in [0.29, 0.717) is 6.04 Å². The third-order valence-corrected chi connectivity index (χ3v) is 5.79. The molecule has 1 unspecified atom stereocenters.